The van der Waals surface area contributed by atoms with E-state index in [2.05, 4.69) is 15.1 Å². The van der Waals surface area contributed by atoms with Gasteiger partial charge in [0.15, 0.2) is 5.75 Å². The SMILES string of the molecule is Cc1nn(-c2nc3ccccc3[nH]2)c(C)c1O. The van der Waals surface area contributed by atoms with Crippen molar-refractivity contribution < 1.29 is 5.11 Å². The van der Waals surface area contributed by atoms with Crippen LogP contribution in [0, 0.1) is 13.8 Å². The molecule has 3 aromatic rings. The summed E-state index contributed by atoms with van der Waals surface area (Å²) in [5.41, 5.74) is 3.12. The lowest BCUT2D eigenvalue weighted by Crippen LogP contribution is -2.00. The Kier molecular flexibility index (Phi) is 1.95. The molecule has 5 heteroatoms. The number of aryl methyl sites for hydroxylation is 1. The van der Waals surface area contributed by atoms with E-state index in [0.717, 1.165) is 11.0 Å². The zero-order chi connectivity index (χ0) is 12.0. The van der Waals surface area contributed by atoms with Gasteiger partial charge in [-0.05, 0) is 26.0 Å². The lowest BCUT2D eigenvalue weighted by molar-refractivity contribution is 0.466. The van der Waals surface area contributed by atoms with Crippen molar-refractivity contribution in [2.75, 3.05) is 0 Å². The van der Waals surface area contributed by atoms with Crippen molar-refractivity contribution in [3.05, 3.63) is 35.7 Å². The van der Waals surface area contributed by atoms with Gasteiger partial charge in [0.1, 0.15) is 5.69 Å². The molecule has 17 heavy (non-hydrogen) atoms. The van der Waals surface area contributed by atoms with Gasteiger partial charge in [-0.25, -0.2) is 9.67 Å². The predicted molar refractivity (Wildman–Crippen MR) is 64.4 cm³/mol. The number of para-hydroxylation sites is 2. The number of aromatic amines is 1. The van der Waals surface area contributed by atoms with Gasteiger partial charge in [-0.3, -0.25) is 0 Å². The van der Waals surface area contributed by atoms with Crippen molar-refractivity contribution in [3.63, 3.8) is 0 Å². The normalized spacial score (nSPS) is 11.2. The van der Waals surface area contributed by atoms with E-state index in [1.54, 1.807) is 11.6 Å². The quantitative estimate of drug-likeness (QED) is 0.670. The van der Waals surface area contributed by atoms with Gasteiger partial charge in [-0.1, -0.05) is 12.1 Å². The van der Waals surface area contributed by atoms with Gasteiger partial charge in [0.25, 0.3) is 0 Å². The third kappa shape index (κ3) is 1.39. The van der Waals surface area contributed by atoms with E-state index in [4.69, 9.17) is 0 Å². The molecule has 0 aliphatic rings. The molecule has 0 saturated heterocycles. The number of hydrogen-bond acceptors (Lipinski definition) is 3. The standard InChI is InChI=1S/C12H12N4O/c1-7-11(17)8(2)16(15-7)12-13-9-5-3-4-6-10(9)14-12/h3-6,17H,1-2H3,(H,13,14). The first-order chi connectivity index (χ1) is 8.16. The molecule has 0 aliphatic heterocycles. The lowest BCUT2D eigenvalue weighted by Gasteiger charge is -1.97. The fourth-order valence-corrected chi connectivity index (χ4v) is 1.88. The Balaban J connectivity index is 2.23. The molecule has 0 saturated carbocycles. The number of imidazole rings is 1. The molecule has 1 aromatic carbocycles. The molecule has 0 fully saturated rings. The molecule has 3 rings (SSSR count). The van der Waals surface area contributed by atoms with E-state index in [1.165, 1.54) is 0 Å². The first-order valence-electron chi connectivity index (χ1n) is 5.37. The number of H-pyrrole nitrogens is 1. The molecule has 0 unspecified atom stereocenters. The van der Waals surface area contributed by atoms with Crippen LogP contribution < -0.4 is 0 Å². The Morgan fingerprint density at radius 3 is 2.65 bits per heavy atom. The van der Waals surface area contributed by atoms with Crippen LogP contribution in [0.1, 0.15) is 11.4 Å². The minimum atomic E-state index is 0.213. The van der Waals surface area contributed by atoms with Crippen LogP contribution in [0.4, 0.5) is 0 Å². The highest BCUT2D eigenvalue weighted by Crippen LogP contribution is 2.23. The van der Waals surface area contributed by atoms with E-state index in [9.17, 15) is 5.11 Å². The van der Waals surface area contributed by atoms with Crippen molar-refractivity contribution in [2.24, 2.45) is 0 Å². The van der Waals surface area contributed by atoms with Gasteiger partial charge >= 0.3 is 0 Å². The molecule has 86 valence electrons. The Morgan fingerprint density at radius 1 is 1.24 bits per heavy atom. The average molecular weight is 228 g/mol. The average Bonchev–Trinajstić information content (AvgIpc) is 2.86. The Hall–Kier alpha value is -2.30. The maximum atomic E-state index is 9.74. The van der Waals surface area contributed by atoms with Crippen molar-refractivity contribution in [2.45, 2.75) is 13.8 Å². The van der Waals surface area contributed by atoms with Gasteiger partial charge in [-0.15, -0.1) is 0 Å². The van der Waals surface area contributed by atoms with Crippen LogP contribution in [-0.4, -0.2) is 24.9 Å². The Labute approximate surface area is 97.7 Å². The zero-order valence-corrected chi connectivity index (χ0v) is 9.60. The van der Waals surface area contributed by atoms with Crippen LogP contribution in [0.15, 0.2) is 24.3 Å². The van der Waals surface area contributed by atoms with Gasteiger partial charge in [-0.2, -0.15) is 5.10 Å². The number of nitrogens with one attached hydrogen (secondary N) is 1. The molecular weight excluding hydrogens is 216 g/mol. The highest BCUT2D eigenvalue weighted by molar-refractivity contribution is 5.76. The largest absolute Gasteiger partial charge is 0.504 e. The molecule has 5 nitrogen and oxygen atoms in total. The van der Waals surface area contributed by atoms with E-state index in [-0.39, 0.29) is 5.75 Å². The fraction of sp³-hybridized carbons (Fsp3) is 0.167. The van der Waals surface area contributed by atoms with E-state index < -0.39 is 0 Å². The van der Waals surface area contributed by atoms with Crippen LogP contribution in [0.25, 0.3) is 17.0 Å². The van der Waals surface area contributed by atoms with E-state index in [0.29, 0.717) is 17.3 Å². The molecule has 2 aromatic heterocycles. The third-order valence-electron chi connectivity index (χ3n) is 2.83. The zero-order valence-electron chi connectivity index (χ0n) is 9.60. The summed E-state index contributed by atoms with van der Waals surface area (Å²) >= 11 is 0. The number of rotatable bonds is 1. The summed E-state index contributed by atoms with van der Waals surface area (Å²) in [7, 11) is 0. The maximum Gasteiger partial charge on any atom is 0.229 e. The van der Waals surface area contributed by atoms with Crippen LogP contribution in [-0.2, 0) is 0 Å². The monoisotopic (exact) mass is 228 g/mol. The topological polar surface area (TPSA) is 66.7 Å². The van der Waals surface area contributed by atoms with Crippen molar-refractivity contribution in [1.29, 1.82) is 0 Å². The van der Waals surface area contributed by atoms with Crippen LogP contribution in [0.5, 0.6) is 5.75 Å². The first kappa shape index (κ1) is 9.89. The minimum Gasteiger partial charge on any atom is -0.504 e. The summed E-state index contributed by atoms with van der Waals surface area (Å²) in [6.45, 7) is 3.57. The lowest BCUT2D eigenvalue weighted by atomic mass is 10.3. The van der Waals surface area contributed by atoms with Gasteiger partial charge < -0.3 is 10.1 Å². The Bertz CT molecular complexity index is 663. The molecule has 2 N–H and O–H groups in total. The highest BCUT2D eigenvalue weighted by atomic mass is 16.3. The molecule has 0 spiro atoms. The van der Waals surface area contributed by atoms with E-state index >= 15 is 0 Å². The molecule has 2 heterocycles. The summed E-state index contributed by atoms with van der Waals surface area (Å²) in [6.07, 6.45) is 0. The van der Waals surface area contributed by atoms with Crippen molar-refractivity contribution in [1.82, 2.24) is 19.7 Å². The molecule has 0 bridgehead atoms. The second-order valence-corrected chi connectivity index (χ2v) is 4.01. The summed E-state index contributed by atoms with van der Waals surface area (Å²) in [6, 6.07) is 7.77. The number of aromatic nitrogens is 4. The first-order valence-corrected chi connectivity index (χ1v) is 5.37. The van der Waals surface area contributed by atoms with Crippen LogP contribution in [0.3, 0.4) is 0 Å². The molecule has 0 radical (unpaired) electrons. The number of aromatic hydroxyl groups is 1. The summed E-state index contributed by atoms with van der Waals surface area (Å²) in [4.78, 5) is 7.60. The number of benzene rings is 1. The van der Waals surface area contributed by atoms with Gasteiger partial charge in [0.05, 0.1) is 16.7 Å². The smallest absolute Gasteiger partial charge is 0.229 e. The predicted octanol–water partition coefficient (Wildman–Crippen LogP) is 2.07. The van der Waals surface area contributed by atoms with Gasteiger partial charge in [0.2, 0.25) is 5.95 Å². The fourth-order valence-electron chi connectivity index (χ4n) is 1.88. The summed E-state index contributed by atoms with van der Waals surface area (Å²) in [5, 5.41) is 14.0. The van der Waals surface area contributed by atoms with Crippen LogP contribution >= 0.6 is 0 Å². The molecule has 0 atom stereocenters. The number of nitrogens with zero attached hydrogens (tertiary/aromatic N) is 3. The van der Waals surface area contributed by atoms with Gasteiger partial charge in [0, 0.05) is 0 Å². The third-order valence-corrected chi connectivity index (χ3v) is 2.83. The molecule has 0 aliphatic carbocycles. The summed E-state index contributed by atoms with van der Waals surface area (Å²) in [5.74, 6) is 0.831. The highest BCUT2D eigenvalue weighted by Gasteiger charge is 2.13. The number of hydrogen-bond donors (Lipinski definition) is 2. The van der Waals surface area contributed by atoms with Crippen molar-refractivity contribution >= 4 is 11.0 Å². The van der Waals surface area contributed by atoms with Crippen molar-refractivity contribution in [3.8, 4) is 11.7 Å². The molecular formula is C12H12N4O. The number of fused-ring (bicyclic) bond motifs is 1. The molecule has 0 amide bonds. The minimum absolute atomic E-state index is 0.213. The summed E-state index contributed by atoms with van der Waals surface area (Å²) < 4.78 is 1.62. The second kappa shape index (κ2) is 3.35. The van der Waals surface area contributed by atoms with E-state index in [1.807, 2.05) is 31.2 Å². The van der Waals surface area contributed by atoms with Crippen LogP contribution in [0.2, 0.25) is 0 Å². The second-order valence-electron chi connectivity index (χ2n) is 4.01. The Morgan fingerprint density at radius 2 is 2.00 bits per heavy atom. The maximum absolute atomic E-state index is 9.74.